The molecule has 0 spiro atoms. The first-order valence-electron chi connectivity index (χ1n) is 8.98. The second kappa shape index (κ2) is 7.82. The van der Waals surface area contributed by atoms with E-state index in [1.807, 2.05) is 19.1 Å². The third-order valence-corrected chi connectivity index (χ3v) is 4.73. The van der Waals surface area contributed by atoms with E-state index in [-0.39, 0.29) is 0 Å². The Labute approximate surface area is 157 Å². The van der Waals surface area contributed by atoms with Gasteiger partial charge in [0.05, 0.1) is 0 Å². The molecule has 0 aliphatic carbocycles. The summed E-state index contributed by atoms with van der Waals surface area (Å²) in [6.07, 6.45) is 0.940. The van der Waals surface area contributed by atoms with Gasteiger partial charge in [0, 0.05) is 23.5 Å². The zero-order chi connectivity index (χ0) is 19.6. The number of benzene rings is 2. The molecule has 0 radical (unpaired) electrons. The van der Waals surface area contributed by atoms with Gasteiger partial charge in [-0.15, -0.1) is 0 Å². The van der Waals surface area contributed by atoms with Gasteiger partial charge in [0.2, 0.25) is 0 Å². The van der Waals surface area contributed by atoms with E-state index in [9.17, 15) is 13.6 Å². The zero-order valence-corrected chi connectivity index (χ0v) is 15.6. The van der Waals surface area contributed by atoms with E-state index in [4.69, 9.17) is 0 Å². The van der Waals surface area contributed by atoms with Crippen LogP contribution in [0.25, 0.3) is 5.57 Å². The Hall–Kier alpha value is -2.82. The van der Waals surface area contributed by atoms with Crippen molar-refractivity contribution >= 4 is 22.9 Å². The smallest absolute Gasteiger partial charge is 0.261 e. The Morgan fingerprint density at radius 1 is 1.07 bits per heavy atom. The normalized spacial score (nSPS) is 14.4. The van der Waals surface area contributed by atoms with E-state index in [0.29, 0.717) is 11.6 Å². The molecule has 0 aromatic heterocycles. The number of dihydropyridines is 1. The molecule has 0 saturated carbocycles. The van der Waals surface area contributed by atoms with Gasteiger partial charge in [-0.2, -0.15) is 0 Å². The molecule has 2 aromatic rings. The number of allylic oxidation sites excluding steroid dienone is 1. The number of nitrogens with one attached hydrogen (secondary N) is 1. The third kappa shape index (κ3) is 3.97. The monoisotopic (exact) mass is 368 g/mol. The summed E-state index contributed by atoms with van der Waals surface area (Å²) in [5, 5.41) is 2.55. The highest BCUT2D eigenvalue weighted by Crippen LogP contribution is 2.31. The molecule has 0 unspecified atom stereocenters. The van der Waals surface area contributed by atoms with Gasteiger partial charge in [0.15, 0.2) is 0 Å². The maximum Gasteiger partial charge on any atom is 0.261 e. The SMILES string of the molecule is CC1=NCCC(C(C)C)=C1c1ccc(NC(=O)c2c(F)cccc2F)cc1. The molecular weight excluding hydrogens is 346 g/mol. The van der Waals surface area contributed by atoms with Crippen LogP contribution in [0.1, 0.15) is 43.1 Å². The van der Waals surface area contributed by atoms with Crippen LogP contribution in [0.15, 0.2) is 53.0 Å². The number of carbonyl (C=O) groups excluding carboxylic acids is 1. The number of amides is 1. The number of hydrogen-bond donors (Lipinski definition) is 1. The number of anilines is 1. The van der Waals surface area contributed by atoms with Crippen LogP contribution < -0.4 is 5.32 Å². The first kappa shape index (κ1) is 19.0. The molecule has 3 nitrogen and oxygen atoms in total. The summed E-state index contributed by atoms with van der Waals surface area (Å²) >= 11 is 0. The quantitative estimate of drug-likeness (QED) is 0.762. The van der Waals surface area contributed by atoms with E-state index in [2.05, 4.69) is 24.2 Å². The number of rotatable bonds is 4. The summed E-state index contributed by atoms with van der Waals surface area (Å²) in [6, 6.07) is 10.6. The Morgan fingerprint density at radius 3 is 2.30 bits per heavy atom. The van der Waals surface area contributed by atoms with Gasteiger partial charge < -0.3 is 5.32 Å². The molecule has 1 heterocycles. The maximum atomic E-state index is 13.8. The van der Waals surface area contributed by atoms with E-state index in [0.717, 1.165) is 41.9 Å². The number of hydrogen-bond acceptors (Lipinski definition) is 2. The van der Waals surface area contributed by atoms with Gasteiger partial charge in [-0.25, -0.2) is 8.78 Å². The molecule has 0 saturated heterocycles. The lowest BCUT2D eigenvalue weighted by molar-refractivity contribution is 0.101. The molecule has 0 bridgehead atoms. The predicted octanol–water partition coefficient (Wildman–Crippen LogP) is 5.49. The number of halogens is 2. The van der Waals surface area contributed by atoms with Crippen molar-refractivity contribution in [2.45, 2.75) is 27.2 Å². The third-order valence-electron chi connectivity index (χ3n) is 4.73. The minimum absolute atomic E-state index is 0.425. The molecule has 1 aliphatic rings. The number of nitrogens with zero attached hydrogens (tertiary/aromatic N) is 1. The Balaban J connectivity index is 1.86. The van der Waals surface area contributed by atoms with Crippen LogP contribution in [0.4, 0.5) is 14.5 Å². The maximum absolute atomic E-state index is 13.8. The van der Waals surface area contributed by atoms with E-state index >= 15 is 0 Å². The first-order chi connectivity index (χ1) is 12.9. The standard InChI is InChI=1S/C22H22F2N2O/c1-13(2)17-11-12-25-14(3)20(17)15-7-9-16(10-8-15)26-22(27)21-18(23)5-4-6-19(21)24/h4-10,13H,11-12H2,1-3H3,(H,26,27). The Morgan fingerprint density at radius 2 is 1.70 bits per heavy atom. The molecule has 0 atom stereocenters. The molecule has 1 amide bonds. The van der Waals surface area contributed by atoms with Gasteiger partial charge in [0.1, 0.15) is 17.2 Å². The van der Waals surface area contributed by atoms with Gasteiger partial charge in [-0.05, 0) is 49.1 Å². The van der Waals surface area contributed by atoms with Crippen molar-refractivity contribution in [1.29, 1.82) is 0 Å². The predicted molar refractivity (Wildman–Crippen MR) is 105 cm³/mol. The van der Waals surface area contributed by atoms with Crippen molar-refractivity contribution in [1.82, 2.24) is 0 Å². The molecule has 1 aliphatic heterocycles. The fourth-order valence-electron chi connectivity index (χ4n) is 3.38. The van der Waals surface area contributed by atoms with Crippen molar-refractivity contribution in [3.63, 3.8) is 0 Å². The summed E-state index contributed by atoms with van der Waals surface area (Å²) in [7, 11) is 0. The molecule has 0 fully saturated rings. The zero-order valence-electron chi connectivity index (χ0n) is 15.6. The molecule has 27 heavy (non-hydrogen) atoms. The topological polar surface area (TPSA) is 41.5 Å². The summed E-state index contributed by atoms with van der Waals surface area (Å²) in [6.45, 7) is 7.16. The van der Waals surface area contributed by atoms with Crippen LogP contribution in [0.2, 0.25) is 0 Å². The van der Waals surface area contributed by atoms with E-state index < -0.39 is 23.1 Å². The molecule has 5 heteroatoms. The summed E-state index contributed by atoms with van der Waals surface area (Å²) in [5.74, 6) is -2.15. The molecule has 2 aromatic carbocycles. The lowest BCUT2D eigenvalue weighted by atomic mass is 9.86. The second-order valence-corrected chi connectivity index (χ2v) is 6.90. The molecule has 1 N–H and O–H groups in total. The Kier molecular flexibility index (Phi) is 5.49. The summed E-state index contributed by atoms with van der Waals surface area (Å²) in [5.41, 5.74) is 4.44. The van der Waals surface area contributed by atoms with E-state index in [1.165, 1.54) is 11.6 Å². The van der Waals surface area contributed by atoms with Crippen LogP contribution in [-0.4, -0.2) is 18.2 Å². The second-order valence-electron chi connectivity index (χ2n) is 6.90. The highest BCUT2D eigenvalue weighted by Gasteiger charge is 2.19. The minimum atomic E-state index is -0.884. The van der Waals surface area contributed by atoms with Gasteiger partial charge in [0.25, 0.3) is 5.91 Å². The van der Waals surface area contributed by atoms with Crippen molar-refractivity contribution in [3.8, 4) is 0 Å². The van der Waals surface area contributed by atoms with Crippen LogP contribution >= 0.6 is 0 Å². The summed E-state index contributed by atoms with van der Waals surface area (Å²) in [4.78, 5) is 16.8. The molecule has 3 rings (SSSR count). The van der Waals surface area contributed by atoms with Crippen molar-refractivity contribution in [2.24, 2.45) is 10.9 Å². The molecule has 140 valence electrons. The molecular formula is C22H22F2N2O. The van der Waals surface area contributed by atoms with Crippen molar-refractivity contribution in [2.75, 3.05) is 11.9 Å². The Bertz CT molecular complexity index is 908. The van der Waals surface area contributed by atoms with Crippen molar-refractivity contribution in [3.05, 3.63) is 70.8 Å². The average Bonchev–Trinajstić information content (AvgIpc) is 2.62. The van der Waals surface area contributed by atoms with Gasteiger partial charge in [-0.1, -0.05) is 37.6 Å². The highest BCUT2D eigenvalue weighted by molar-refractivity contribution is 6.24. The number of aliphatic imine (C=N–C) groups is 1. The first-order valence-corrected chi connectivity index (χ1v) is 8.98. The highest BCUT2D eigenvalue weighted by atomic mass is 19.1. The van der Waals surface area contributed by atoms with Crippen LogP contribution in [0, 0.1) is 17.6 Å². The lowest BCUT2D eigenvalue weighted by Gasteiger charge is -2.22. The van der Waals surface area contributed by atoms with Crippen LogP contribution in [0.5, 0.6) is 0 Å². The summed E-state index contributed by atoms with van der Waals surface area (Å²) < 4.78 is 27.5. The fraction of sp³-hybridized carbons (Fsp3) is 0.273. The minimum Gasteiger partial charge on any atom is -0.322 e. The van der Waals surface area contributed by atoms with Gasteiger partial charge >= 0.3 is 0 Å². The van der Waals surface area contributed by atoms with Crippen LogP contribution in [-0.2, 0) is 0 Å². The van der Waals surface area contributed by atoms with E-state index in [1.54, 1.807) is 12.1 Å². The average molecular weight is 368 g/mol. The van der Waals surface area contributed by atoms with Crippen LogP contribution in [0.3, 0.4) is 0 Å². The van der Waals surface area contributed by atoms with Gasteiger partial charge in [-0.3, -0.25) is 9.79 Å². The van der Waals surface area contributed by atoms with Crippen molar-refractivity contribution < 1.29 is 13.6 Å². The lowest BCUT2D eigenvalue weighted by Crippen LogP contribution is -2.16. The fourth-order valence-corrected chi connectivity index (χ4v) is 3.38. The number of carbonyl (C=O) groups is 1. The largest absolute Gasteiger partial charge is 0.322 e.